The standard InChI is InChI=1S/C21H20N2O5S/c1-16-6-12-21(13-7-16)29(26,27)22(2)18-8-10-20(11-9-18)28-15-17-4-3-5-19(14-17)23(24)25/h3-14H,15H2,1-2H3. The lowest BCUT2D eigenvalue weighted by molar-refractivity contribution is -0.384. The Labute approximate surface area is 169 Å². The number of hydrogen-bond acceptors (Lipinski definition) is 5. The molecule has 150 valence electrons. The normalized spacial score (nSPS) is 11.1. The summed E-state index contributed by atoms with van der Waals surface area (Å²) in [4.78, 5) is 10.6. The fourth-order valence-corrected chi connectivity index (χ4v) is 3.88. The molecule has 0 spiro atoms. The van der Waals surface area contributed by atoms with Crippen LogP contribution in [-0.2, 0) is 16.6 Å². The lowest BCUT2D eigenvalue weighted by atomic mass is 10.2. The number of anilines is 1. The molecule has 3 rings (SSSR count). The van der Waals surface area contributed by atoms with Crippen molar-refractivity contribution in [3.05, 3.63) is 94.0 Å². The largest absolute Gasteiger partial charge is 0.489 e. The Bertz CT molecular complexity index is 1110. The average Bonchev–Trinajstić information content (AvgIpc) is 2.72. The first-order valence-corrected chi connectivity index (χ1v) is 10.2. The van der Waals surface area contributed by atoms with Crippen LogP contribution in [0.5, 0.6) is 5.75 Å². The van der Waals surface area contributed by atoms with Gasteiger partial charge in [0.1, 0.15) is 12.4 Å². The predicted octanol–water partition coefficient (Wildman–Crippen LogP) is 4.31. The van der Waals surface area contributed by atoms with Gasteiger partial charge in [-0.25, -0.2) is 8.42 Å². The number of benzene rings is 3. The summed E-state index contributed by atoms with van der Waals surface area (Å²) in [6.07, 6.45) is 0. The number of nitrogens with zero attached hydrogens (tertiary/aromatic N) is 2. The van der Waals surface area contributed by atoms with Crippen molar-refractivity contribution in [3.8, 4) is 5.75 Å². The highest BCUT2D eigenvalue weighted by Gasteiger charge is 2.21. The van der Waals surface area contributed by atoms with Gasteiger partial charge in [0.05, 0.1) is 15.5 Å². The molecule has 3 aromatic carbocycles. The van der Waals surface area contributed by atoms with Crippen molar-refractivity contribution in [2.24, 2.45) is 0 Å². The minimum Gasteiger partial charge on any atom is -0.489 e. The summed E-state index contributed by atoms with van der Waals surface area (Å²) in [6, 6.07) is 19.5. The van der Waals surface area contributed by atoms with Crippen LogP contribution in [0, 0.1) is 17.0 Å². The first-order valence-electron chi connectivity index (χ1n) is 8.79. The summed E-state index contributed by atoms with van der Waals surface area (Å²) in [6.45, 7) is 2.06. The van der Waals surface area contributed by atoms with E-state index in [0.717, 1.165) is 5.56 Å². The number of rotatable bonds is 7. The number of ether oxygens (including phenoxy) is 1. The first kappa shape index (κ1) is 20.3. The van der Waals surface area contributed by atoms with Gasteiger partial charge in [-0.2, -0.15) is 0 Å². The van der Waals surface area contributed by atoms with E-state index in [1.54, 1.807) is 60.7 Å². The van der Waals surface area contributed by atoms with Crippen LogP contribution in [-0.4, -0.2) is 20.4 Å². The number of non-ortho nitro benzene ring substituents is 1. The van der Waals surface area contributed by atoms with E-state index in [4.69, 9.17) is 4.74 Å². The molecule has 0 aromatic heterocycles. The molecule has 8 heteroatoms. The Morgan fingerprint density at radius 3 is 2.28 bits per heavy atom. The Morgan fingerprint density at radius 1 is 1.00 bits per heavy atom. The van der Waals surface area contributed by atoms with Crippen LogP contribution in [0.1, 0.15) is 11.1 Å². The maximum atomic E-state index is 12.8. The van der Waals surface area contributed by atoms with Gasteiger partial charge < -0.3 is 4.74 Å². The minimum atomic E-state index is -3.66. The molecule has 0 amide bonds. The van der Waals surface area contributed by atoms with Gasteiger partial charge in [-0.05, 0) is 48.9 Å². The zero-order chi connectivity index (χ0) is 21.0. The summed E-state index contributed by atoms with van der Waals surface area (Å²) >= 11 is 0. The molecular formula is C21H20N2O5S. The molecule has 0 saturated carbocycles. The molecule has 7 nitrogen and oxygen atoms in total. The quantitative estimate of drug-likeness (QED) is 0.426. The van der Waals surface area contributed by atoms with E-state index in [0.29, 0.717) is 17.0 Å². The Morgan fingerprint density at radius 2 is 1.66 bits per heavy atom. The number of nitro benzene ring substituents is 1. The molecule has 0 bridgehead atoms. The molecule has 0 aliphatic carbocycles. The Balaban J connectivity index is 1.70. The molecule has 0 fully saturated rings. The highest BCUT2D eigenvalue weighted by Crippen LogP contribution is 2.25. The van der Waals surface area contributed by atoms with Gasteiger partial charge in [-0.3, -0.25) is 14.4 Å². The van der Waals surface area contributed by atoms with Crippen molar-refractivity contribution in [2.45, 2.75) is 18.4 Å². The van der Waals surface area contributed by atoms with Gasteiger partial charge >= 0.3 is 0 Å². The fourth-order valence-electron chi connectivity index (χ4n) is 2.69. The van der Waals surface area contributed by atoms with E-state index < -0.39 is 14.9 Å². The predicted molar refractivity (Wildman–Crippen MR) is 111 cm³/mol. The van der Waals surface area contributed by atoms with Crippen LogP contribution in [0.4, 0.5) is 11.4 Å². The Hall–Kier alpha value is -3.39. The molecule has 0 aliphatic heterocycles. The van der Waals surface area contributed by atoms with Crippen molar-refractivity contribution in [2.75, 3.05) is 11.4 Å². The van der Waals surface area contributed by atoms with Gasteiger partial charge in [-0.1, -0.05) is 29.8 Å². The lowest BCUT2D eigenvalue weighted by Crippen LogP contribution is -2.26. The van der Waals surface area contributed by atoms with Crippen LogP contribution in [0.25, 0.3) is 0 Å². The second kappa shape index (κ2) is 8.32. The molecule has 0 N–H and O–H groups in total. The van der Waals surface area contributed by atoms with Crippen molar-refractivity contribution in [1.29, 1.82) is 0 Å². The molecule has 3 aromatic rings. The van der Waals surface area contributed by atoms with E-state index in [1.807, 2.05) is 6.92 Å². The van der Waals surface area contributed by atoms with Crippen LogP contribution < -0.4 is 9.04 Å². The van der Waals surface area contributed by atoms with E-state index in [9.17, 15) is 18.5 Å². The molecule has 0 radical (unpaired) electrons. The number of nitro groups is 1. The highest BCUT2D eigenvalue weighted by molar-refractivity contribution is 7.92. The van der Waals surface area contributed by atoms with Gasteiger partial charge in [0.2, 0.25) is 0 Å². The van der Waals surface area contributed by atoms with Crippen LogP contribution in [0.3, 0.4) is 0 Å². The molecule has 0 aliphatic rings. The minimum absolute atomic E-state index is 0.00406. The molecule has 0 heterocycles. The van der Waals surface area contributed by atoms with E-state index in [1.165, 1.54) is 23.5 Å². The SMILES string of the molecule is Cc1ccc(S(=O)(=O)N(C)c2ccc(OCc3cccc([N+](=O)[O-])c3)cc2)cc1. The van der Waals surface area contributed by atoms with Gasteiger partial charge in [0.25, 0.3) is 15.7 Å². The second-order valence-electron chi connectivity index (χ2n) is 6.50. The van der Waals surface area contributed by atoms with Crippen molar-refractivity contribution < 1.29 is 18.1 Å². The zero-order valence-electron chi connectivity index (χ0n) is 16.0. The van der Waals surface area contributed by atoms with E-state index >= 15 is 0 Å². The Kier molecular flexibility index (Phi) is 5.84. The van der Waals surface area contributed by atoms with Gasteiger partial charge in [-0.15, -0.1) is 0 Å². The third kappa shape index (κ3) is 4.72. The van der Waals surface area contributed by atoms with Gasteiger partial charge in [0.15, 0.2) is 0 Å². The maximum absolute atomic E-state index is 12.8. The monoisotopic (exact) mass is 412 g/mol. The van der Waals surface area contributed by atoms with Crippen molar-refractivity contribution in [3.63, 3.8) is 0 Å². The summed E-state index contributed by atoms with van der Waals surface area (Å²) < 4.78 is 32.4. The third-order valence-electron chi connectivity index (χ3n) is 4.41. The average molecular weight is 412 g/mol. The van der Waals surface area contributed by atoms with Crippen molar-refractivity contribution in [1.82, 2.24) is 0 Å². The van der Waals surface area contributed by atoms with E-state index in [-0.39, 0.29) is 17.2 Å². The van der Waals surface area contributed by atoms with Crippen LogP contribution in [0.2, 0.25) is 0 Å². The number of aryl methyl sites for hydroxylation is 1. The summed E-state index contributed by atoms with van der Waals surface area (Å²) in [5.41, 5.74) is 2.15. The van der Waals surface area contributed by atoms with Crippen LogP contribution in [0.15, 0.2) is 77.7 Å². The van der Waals surface area contributed by atoms with Crippen molar-refractivity contribution >= 4 is 21.4 Å². The first-order chi connectivity index (χ1) is 13.8. The summed E-state index contributed by atoms with van der Waals surface area (Å²) in [5.74, 6) is 0.529. The molecular weight excluding hydrogens is 392 g/mol. The number of hydrogen-bond donors (Lipinski definition) is 0. The lowest BCUT2D eigenvalue weighted by Gasteiger charge is -2.20. The molecule has 0 atom stereocenters. The molecule has 29 heavy (non-hydrogen) atoms. The maximum Gasteiger partial charge on any atom is 0.269 e. The third-order valence-corrected chi connectivity index (χ3v) is 6.21. The molecule has 0 saturated heterocycles. The summed E-state index contributed by atoms with van der Waals surface area (Å²) in [5, 5.41) is 10.8. The van der Waals surface area contributed by atoms with Gasteiger partial charge in [0, 0.05) is 19.2 Å². The second-order valence-corrected chi connectivity index (χ2v) is 8.46. The highest BCUT2D eigenvalue weighted by atomic mass is 32.2. The van der Waals surface area contributed by atoms with Crippen LogP contribution >= 0.6 is 0 Å². The fraction of sp³-hybridized carbons (Fsp3) is 0.143. The number of sulfonamides is 1. The zero-order valence-corrected chi connectivity index (χ0v) is 16.8. The topological polar surface area (TPSA) is 89.8 Å². The smallest absolute Gasteiger partial charge is 0.269 e. The molecule has 0 unspecified atom stereocenters. The summed E-state index contributed by atoms with van der Waals surface area (Å²) in [7, 11) is -2.17. The van der Waals surface area contributed by atoms with E-state index in [2.05, 4.69) is 0 Å².